The Bertz CT molecular complexity index is 804. The first-order valence-electron chi connectivity index (χ1n) is 7.30. The van der Waals surface area contributed by atoms with Crippen molar-refractivity contribution >= 4 is 17.5 Å². The molecule has 0 aliphatic rings. The first-order chi connectivity index (χ1) is 11.7. The maximum absolute atomic E-state index is 11.8. The lowest BCUT2D eigenvalue weighted by Crippen LogP contribution is -2.28. The summed E-state index contributed by atoms with van der Waals surface area (Å²) < 4.78 is 7.11. The molecule has 1 N–H and O–H groups in total. The molecule has 1 aromatic heterocycles. The zero-order valence-corrected chi connectivity index (χ0v) is 13.5. The lowest BCUT2D eigenvalue weighted by Gasteiger charge is -2.08. The van der Waals surface area contributed by atoms with Gasteiger partial charge in [0, 0.05) is 11.6 Å². The minimum atomic E-state index is -0.199. The van der Waals surface area contributed by atoms with Crippen LogP contribution in [-0.4, -0.2) is 27.3 Å². The van der Waals surface area contributed by atoms with Crippen molar-refractivity contribution in [3.63, 3.8) is 0 Å². The third-order valence-electron chi connectivity index (χ3n) is 3.27. The van der Waals surface area contributed by atoms with E-state index in [9.17, 15) is 4.79 Å². The molecule has 24 heavy (non-hydrogen) atoms. The van der Waals surface area contributed by atoms with Crippen LogP contribution in [0.2, 0.25) is 5.02 Å². The number of carbonyl (C=O) groups is 1. The number of hydrogen-bond donors (Lipinski definition) is 1. The van der Waals surface area contributed by atoms with Crippen molar-refractivity contribution in [3.05, 3.63) is 71.8 Å². The van der Waals surface area contributed by atoms with Crippen LogP contribution in [0.15, 0.2) is 61.2 Å². The molecule has 1 amide bonds. The Labute approximate surface area is 144 Å². The molecule has 7 heteroatoms. The first-order valence-corrected chi connectivity index (χ1v) is 7.67. The molecule has 3 aromatic rings. The average Bonchev–Trinajstić information content (AvgIpc) is 3.13. The smallest absolute Gasteiger partial charge is 0.258 e. The molecule has 0 aliphatic heterocycles. The summed E-state index contributed by atoms with van der Waals surface area (Å²) in [7, 11) is 0. The normalized spacial score (nSPS) is 10.4. The summed E-state index contributed by atoms with van der Waals surface area (Å²) in [4.78, 5) is 15.7. The summed E-state index contributed by atoms with van der Waals surface area (Å²) in [6.07, 6.45) is 3.08. The van der Waals surface area contributed by atoms with Crippen molar-refractivity contribution in [2.45, 2.75) is 6.54 Å². The van der Waals surface area contributed by atoms with Gasteiger partial charge in [0.05, 0.1) is 5.69 Å². The Hall–Kier alpha value is -2.86. The lowest BCUT2D eigenvalue weighted by molar-refractivity contribution is -0.123. The number of aromatic nitrogens is 3. The average molecular weight is 343 g/mol. The van der Waals surface area contributed by atoms with Crippen molar-refractivity contribution in [3.8, 4) is 11.4 Å². The van der Waals surface area contributed by atoms with Crippen LogP contribution in [0.5, 0.6) is 5.75 Å². The summed E-state index contributed by atoms with van der Waals surface area (Å²) in [5.41, 5.74) is 1.80. The van der Waals surface area contributed by atoms with Gasteiger partial charge in [-0.05, 0) is 42.0 Å². The Morgan fingerprint density at radius 1 is 1.21 bits per heavy atom. The molecule has 0 radical (unpaired) electrons. The van der Waals surface area contributed by atoms with Gasteiger partial charge >= 0.3 is 0 Å². The van der Waals surface area contributed by atoms with Gasteiger partial charge in [-0.2, -0.15) is 5.10 Å². The topological polar surface area (TPSA) is 69.0 Å². The van der Waals surface area contributed by atoms with Gasteiger partial charge < -0.3 is 10.1 Å². The quantitative estimate of drug-likeness (QED) is 0.747. The second-order valence-electron chi connectivity index (χ2n) is 5.03. The van der Waals surface area contributed by atoms with Crippen LogP contribution < -0.4 is 10.1 Å². The van der Waals surface area contributed by atoms with Crippen LogP contribution in [0.1, 0.15) is 5.56 Å². The number of rotatable bonds is 6. The number of carbonyl (C=O) groups excluding carboxylic acids is 1. The van der Waals surface area contributed by atoms with Crippen LogP contribution in [0, 0.1) is 0 Å². The van der Waals surface area contributed by atoms with Gasteiger partial charge in [0.1, 0.15) is 18.4 Å². The molecule has 3 rings (SSSR count). The van der Waals surface area contributed by atoms with Gasteiger partial charge in [0.15, 0.2) is 6.61 Å². The van der Waals surface area contributed by atoms with E-state index in [0.717, 1.165) is 11.3 Å². The largest absolute Gasteiger partial charge is 0.484 e. The summed E-state index contributed by atoms with van der Waals surface area (Å²) in [6, 6.07) is 14.6. The first kappa shape index (κ1) is 16.0. The Morgan fingerprint density at radius 3 is 2.75 bits per heavy atom. The third-order valence-corrected chi connectivity index (χ3v) is 3.50. The number of ether oxygens (including phenoxy) is 1. The molecule has 0 bridgehead atoms. The number of amides is 1. The molecule has 0 aliphatic carbocycles. The zero-order chi connectivity index (χ0) is 16.8. The van der Waals surface area contributed by atoms with E-state index < -0.39 is 0 Å². The van der Waals surface area contributed by atoms with Crippen LogP contribution in [-0.2, 0) is 11.3 Å². The Balaban J connectivity index is 1.47. The van der Waals surface area contributed by atoms with Gasteiger partial charge in [-0.15, -0.1) is 0 Å². The highest BCUT2D eigenvalue weighted by molar-refractivity contribution is 6.30. The maximum Gasteiger partial charge on any atom is 0.258 e. The molecule has 0 atom stereocenters. The Kier molecular flexibility index (Phi) is 5.08. The number of benzene rings is 2. The Morgan fingerprint density at radius 2 is 2.04 bits per heavy atom. The molecule has 0 saturated heterocycles. The molecular formula is C17H15ClN4O2. The maximum atomic E-state index is 11.8. The highest BCUT2D eigenvalue weighted by atomic mass is 35.5. The monoisotopic (exact) mass is 342 g/mol. The number of hydrogen-bond acceptors (Lipinski definition) is 4. The molecular weight excluding hydrogens is 328 g/mol. The van der Waals surface area contributed by atoms with Crippen molar-refractivity contribution in [2.75, 3.05) is 6.61 Å². The lowest BCUT2D eigenvalue weighted by atomic mass is 10.2. The summed E-state index contributed by atoms with van der Waals surface area (Å²) >= 11 is 5.90. The van der Waals surface area contributed by atoms with Crippen molar-refractivity contribution in [1.82, 2.24) is 20.1 Å². The standard InChI is InChI=1S/C17H15ClN4O2/c18-14-3-1-2-13(8-14)9-20-17(23)10-24-16-6-4-15(5-7-16)22-12-19-11-21-22/h1-8,11-12H,9-10H2,(H,20,23). The van der Waals surface area contributed by atoms with Crippen LogP contribution in [0.4, 0.5) is 0 Å². The molecule has 0 saturated carbocycles. The van der Waals surface area contributed by atoms with Crippen molar-refractivity contribution in [2.24, 2.45) is 0 Å². The molecule has 2 aromatic carbocycles. The van der Waals surface area contributed by atoms with Gasteiger partial charge in [0.25, 0.3) is 5.91 Å². The van der Waals surface area contributed by atoms with E-state index in [1.165, 1.54) is 6.33 Å². The van der Waals surface area contributed by atoms with E-state index in [1.807, 2.05) is 30.3 Å². The van der Waals surface area contributed by atoms with Gasteiger partial charge in [-0.25, -0.2) is 9.67 Å². The molecule has 0 fully saturated rings. The summed E-state index contributed by atoms with van der Waals surface area (Å²) in [5.74, 6) is 0.409. The van der Waals surface area contributed by atoms with Gasteiger partial charge in [0.2, 0.25) is 0 Å². The minimum Gasteiger partial charge on any atom is -0.484 e. The number of nitrogens with one attached hydrogen (secondary N) is 1. The highest BCUT2D eigenvalue weighted by Crippen LogP contribution is 2.14. The van der Waals surface area contributed by atoms with Gasteiger partial charge in [-0.1, -0.05) is 23.7 Å². The fourth-order valence-electron chi connectivity index (χ4n) is 2.08. The molecule has 1 heterocycles. The van der Waals surface area contributed by atoms with Crippen LogP contribution >= 0.6 is 11.6 Å². The van der Waals surface area contributed by atoms with Crippen LogP contribution in [0.25, 0.3) is 5.69 Å². The highest BCUT2D eigenvalue weighted by Gasteiger charge is 2.04. The third kappa shape index (κ3) is 4.33. The van der Waals surface area contributed by atoms with E-state index in [4.69, 9.17) is 16.3 Å². The van der Waals surface area contributed by atoms with Crippen molar-refractivity contribution in [1.29, 1.82) is 0 Å². The fourth-order valence-corrected chi connectivity index (χ4v) is 2.30. The van der Waals surface area contributed by atoms with E-state index in [0.29, 0.717) is 17.3 Å². The molecule has 0 spiro atoms. The van der Waals surface area contributed by atoms with E-state index >= 15 is 0 Å². The second-order valence-corrected chi connectivity index (χ2v) is 5.47. The number of nitrogens with zero attached hydrogens (tertiary/aromatic N) is 3. The van der Waals surface area contributed by atoms with E-state index in [1.54, 1.807) is 29.2 Å². The van der Waals surface area contributed by atoms with Gasteiger partial charge in [-0.3, -0.25) is 4.79 Å². The SMILES string of the molecule is O=C(COc1ccc(-n2cncn2)cc1)NCc1cccc(Cl)c1. The molecule has 0 unspecified atom stereocenters. The summed E-state index contributed by atoms with van der Waals surface area (Å²) in [6.45, 7) is 0.358. The number of halogens is 1. The predicted molar refractivity (Wildman–Crippen MR) is 90.2 cm³/mol. The molecule has 122 valence electrons. The fraction of sp³-hybridized carbons (Fsp3) is 0.118. The zero-order valence-electron chi connectivity index (χ0n) is 12.7. The van der Waals surface area contributed by atoms with E-state index in [-0.39, 0.29) is 12.5 Å². The van der Waals surface area contributed by atoms with E-state index in [2.05, 4.69) is 15.4 Å². The van der Waals surface area contributed by atoms with Crippen molar-refractivity contribution < 1.29 is 9.53 Å². The minimum absolute atomic E-state index is 0.0523. The van der Waals surface area contributed by atoms with Crippen LogP contribution in [0.3, 0.4) is 0 Å². The predicted octanol–water partition coefficient (Wildman–Crippen LogP) is 2.62. The molecule has 6 nitrogen and oxygen atoms in total. The second kappa shape index (κ2) is 7.61. The summed E-state index contributed by atoms with van der Waals surface area (Å²) in [5, 5.41) is 7.47.